The van der Waals surface area contributed by atoms with E-state index in [4.69, 9.17) is 0 Å². The number of nitrogens with zero attached hydrogens (tertiary/aromatic N) is 3. The lowest BCUT2D eigenvalue weighted by molar-refractivity contribution is -0.140. The minimum absolute atomic E-state index is 0.331. The molecule has 9 heteroatoms. The van der Waals surface area contributed by atoms with Gasteiger partial charge in [0.25, 0.3) is 0 Å². The molecular weight excluding hydrogens is 357 g/mol. The maximum atomic E-state index is 12.8. The van der Waals surface area contributed by atoms with Crippen molar-refractivity contribution in [3.63, 3.8) is 0 Å². The van der Waals surface area contributed by atoms with E-state index in [9.17, 15) is 13.2 Å². The number of halogens is 3. The van der Waals surface area contributed by atoms with E-state index in [1.165, 1.54) is 11.3 Å². The fourth-order valence-corrected chi connectivity index (χ4v) is 4.30. The minimum atomic E-state index is -4.42. The van der Waals surface area contributed by atoms with E-state index < -0.39 is 11.9 Å². The van der Waals surface area contributed by atoms with Crippen LogP contribution in [0.2, 0.25) is 0 Å². The van der Waals surface area contributed by atoms with Gasteiger partial charge in [0.2, 0.25) is 0 Å². The van der Waals surface area contributed by atoms with E-state index in [1.54, 1.807) is 6.92 Å². The van der Waals surface area contributed by atoms with Gasteiger partial charge >= 0.3 is 6.18 Å². The summed E-state index contributed by atoms with van der Waals surface area (Å²) < 4.78 is 38.3. The number of fused-ring (bicyclic) bond motifs is 1. The van der Waals surface area contributed by atoms with Crippen LogP contribution in [0, 0.1) is 13.8 Å². The lowest BCUT2D eigenvalue weighted by Gasteiger charge is -2.16. The quantitative estimate of drug-likeness (QED) is 0.671. The molecule has 1 N–H and O–H groups in total. The zero-order valence-corrected chi connectivity index (χ0v) is 14.9. The number of thiazole rings is 1. The second kappa shape index (κ2) is 6.29. The highest BCUT2D eigenvalue weighted by Crippen LogP contribution is 2.35. The van der Waals surface area contributed by atoms with Crippen molar-refractivity contribution in [3.8, 4) is 0 Å². The van der Waals surface area contributed by atoms with Gasteiger partial charge < -0.3 is 5.32 Å². The predicted molar refractivity (Wildman–Crippen MR) is 90.7 cm³/mol. The highest BCUT2D eigenvalue weighted by Gasteiger charge is 2.34. The zero-order valence-electron chi connectivity index (χ0n) is 13.2. The summed E-state index contributed by atoms with van der Waals surface area (Å²) in [5.41, 5.74) is 0.195. The summed E-state index contributed by atoms with van der Waals surface area (Å²) in [6.07, 6.45) is -3.83. The van der Waals surface area contributed by atoms with Gasteiger partial charge in [-0.2, -0.15) is 13.2 Å². The Labute approximate surface area is 144 Å². The number of nitrogens with one attached hydrogen (secondary N) is 1. The zero-order chi connectivity index (χ0) is 17.5. The molecular formula is C15H15F3N4S2. The Hall–Kier alpha value is -1.74. The molecule has 0 bridgehead atoms. The van der Waals surface area contributed by atoms with Crippen LogP contribution in [0.5, 0.6) is 0 Å². The molecule has 3 aromatic heterocycles. The molecule has 3 heterocycles. The SMILES string of the molecule is CCC(Nc1nc(C)nc2scc(C)c12)c1nc(C(F)(F)F)cs1. The third-order valence-corrected chi connectivity index (χ3v) is 5.51. The van der Waals surface area contributed by atoms with Gasteiger partial charge in [-0.25, -0.2) is 15.0 Å². The molecule has 4 nitrogen and oxygen atoms in total. The molecule has 0 aliphatic rings. The Kier molecular flexibility index (Phi) is 4.48. The molecule has 3 rings (SSSR count). The van der Waals surface area contributed by atoms with E-state index in [0.717, 1.165) is 32.5 Å². The van der Waals surface area contributed by atoms with Gasteiger partial charge in [-0.3, -0.25) is 0 Å². The van der Waals surface area contributed by atoms with Gasteiger partial charge in [-0.1, -0.05) is 6.92 Å². The van der Waals surface area contributed by atoms with E-state index in [0.29, 0.717) is 23.1 Å². The molecule has 0 saturated carbocycles. The number of anilines is 1. The number of aromatic nitrogens is 3. The standard InChI is InChI=1S/C15H15F3N4S2/c1-4-9(13-22-10(6-24-13)15(16,17)18)21-12-11-7(2)5-23-14(11)20-8(3)19-12/h5-6,9H,4H2,1-3H3,(H,19,20,21). The van der Waals surface area contributed by atoms with E-state index in [1.807, 2.05) is 19.2 Å². The van der Waals surface area contributed by atoms with Crippen LogP contribution in [-0.2, 0) is 6.18 Å². The van der Waals surface area contributed by atoms with Crippen molar-refractivity contribution in [2.45, 2.75) is 39.4 Å². The first kappa shape index (κ1) is 17.1. The first-order chi connectivity index (χ1) is 11.3. The third kappa shape index (κ3) is 3.23. The van der Waals surface area contributed by atoms with Crippen LogP contribution in [0.3, 0.4) is 0 Å². The fourth-order valence-electron chi connectivity index (χ4n) is 2.38. The van der Waals surface area contributed by atoms with Crippen LogP contribution in [-0.4, -0.2) is 15.0 Å². The number of rotatable bonds is 4. The predicted octanol–water partition coefficient (Wildman–Crippen LogP) is 5.35. The molecule has 3 aromatic rings. The Bertz CT molecular complexity index is 869. The smallest absolute Gasteiger partial charge is 0.360 e. The van der Waals surface area contributed by atoms with Gasteiger partial charge in [0.1, 0.15) is 21.5 Å². The molecule has 24 heavy (non-hydrogen) atoms. The second-order valence-corrected chi connectivity index (χ2v) is 7.14. The van der Waals surface area contributed by atoms with Crippen molar-refractivity contribution in [2.75, 3.05) is 5.32 Å². The molecule has 0 saturated heterocycles. The molecule has 0 aliphatic heterocycles. The lowest BCUT2D eigenvalue weighted by Crippen LogP contribution is -2.13. The first-order valence-electron chi connectivity index (χ1n) is 7.31. The van der Waals surface area contributed by atoms with Crippen molar-refractivity contribution >= 4 is 38.7 Å². The van der Waals surface area contributed by atoms with Crippen LogP contribution in [0.4, 0.5) is 19.0 Å². The number of thiophene rings is 1. The molecule has 0 fully saturated rings. The third-order valence-electron chi connectivity index (χ3n) is 3.56. The van der Waals surface area contributed by atoms with E-state index in [-0.39, 0.29) is 6.04 Å². The molecule has 0 aromatic carbocycles. The second-order valence-electron chi connectivity index (χ2n) is 5.39. The molecule has 0 amide bonds. The Morgan fingerprint density at radius 2 is 1.88 bits per heavy atom. The van der Waals surface area contributed by atoms with Crippen LogP contribution in [0.15, 0.2) is 10.8 Å². The summed E-state index contributed by atoms with van der Waals surface area (Å²) >= 11 is 2.54. The van der Waals surface area contributed by atoms with Crippen molar-refractivity contribution in [3.05, 3.63) is 32.8 Å². The summed E-state index contributed by atoms with van der Waals surface area (Å²) in [7, 11) is 0. The summed E-state index contributed by atoms with van der Waals surface area (Å²) in [4.78, 5) is 13.5. The van der Waals surface area contributed by atoms with Crippen molar-refractivity contribution in [1.82, 2.24) is 15.0 Å². The molecule has 0 spiro atoms. The molecule has 1 unspecified atom stereocenters. The molecule has 1 atom stereocenters. The van der Waals surface area contributed by atoms with E-state index in [2.05, 4.69) is 20.3 Å². The number of hydrogen-bond donors (Lipinski definition) is 1. The van der Waals surface area contributed by atoms with E-state index >= 15 is 0 Å². The van der Waals surface area contributed by atoms with Gasteiger partial charge in [-0.05, 0) is 31.2 Å². The maximum Gasteiger partial charge on any atom is 0.434 e. The summed E-state index contributed by atoms with van der Waals surface area (Å²) in [5, 5.41) is 7.62. The maximum absolute atomic E-state index is 12.8. The Balaban J connectivity index is 1.96. The topological polar surface area (TPSA) is 50.7 Å². The Morgan fingerprint density at radius 3 is 2.50 bits per heavy atom. The van der Waals surface area contributed by atoms with Crippen LogP contribution in [0.1, 0.15) is 41.5 Å². The van der Waals surface area contributed by atoms with Crippen LogP contribution in [0.25, 0.3) is 10.2 Å². The van der Waals surface area contributed by atoms with Crippen LogP contribution < -0.4 is 5.32 Å². The summed E-state index contributed by atoms with van der Waals surface area (Å²) in [5.74, 6) is 1.27. The monoisotopic (exact) mass is 372 g/mol. The normalized spacial score (nSPS) is 13.4. The van der Waals surface area contributed by atoms with Crippen LogP contribution >= 0.6 is 22.7 Å². The molecule has 128 valence electrons. The van der Waals surface area contributed by atoms with Gasteiger partial charge in [0.05, 0.1) is 11.4 Å². The van der Waals surface area contributed by atoms with Gasteiger partial charge in [-0.15, -0.1) is 22.7 Å². The number of hydrogen-bond acceptors (Lipinski definition) is 6. The molecule has 0 radical (unpaired) electrons. The fraction of sp³-hybridized carbons (Fsp3) is 0.400. The largest absolute Gasteiger partial charge is 0.434 e. The highest BCUT2D eigenvalue weighted by atomic mass is 32.1. The number of aryl methyl sites for hydroxylation is 2. The Morgan fingerprint density at radius 1 is 1.12 bits per heavy atom. The van der Waals surface area contributed by atoms with Crippen molar-refractivity contribution < 1.29 is 13.2 Å². The first-order valence-corrected chi connectivity index (χ1v) is 9.07. The molecule has 0 aliphatic carbocycles. The van der Waals surface area contributed by atoms with Crippen molar-refractivity contribution in [1.29, 1.82) is 0 Å². The average molecular weight is 372 g/mol. The van der Waals surface area contributed by atoms with Crippen molar-refractivity contribution in [2.24, 2.45) is 0 Å². The lowest BCUT2D eigenvalue weighted by atomic mass is 10.2. The number of alkyl halides is 3. The minimum Gasteiger partial charge on any atom is -0.360 e. The highest BCUT2D eigenvalue weighted by molar-refractivity contribution is 7.17. The summed E-state index contributed by atoms with van der Waals surface area (Å²) in [6, 6.07) is -0.331. The van der Waals surface area contributed by atoms with Gasteiger partial charge in [0.15, 0.2) is 5.69 Å². The van der Waals surface area contributed by atoms with Gasteiger partial charge in [0, 0.05) is 5.38 Å². The average Bonchev–Trinajstić information content (AvgIpc) is 3.11. The summed E-state index contributed by atoms with van der Waals surface area (Å²) in [6.45, 7) is 5.67.